The molecule has 2 amide bonds. The van der Waals surface area contributed by atoms with Crippen LogP contribution < -0.4 is 0 Å². The number of hydrazone groups is 1. The van der Waals surface area contributed by atoms with Crippen LogP contribution in [0, 0.1) is 0 Å². The van der Waals surface area contributed by atoms with Gasteiger partial charge in [0.15, 0.2) is 9.84 Å². The van der Waals surface area contributed by atoms with Crippen LogP contribution in [0.3, 0.4) is 0 Å². The summed E-state index contributed by atoms with van der Waals surface area (Å²) in [6.45, 7) is 0. The van der Waals surface area contributed by atoms with Gasteiger partial charge in [-0.1, -0.05) is 0 Å². The fourth-order valence-corrected chi connectivity index (χ4v) is 3.93. The summed E-state index contributed by atoms with van der Waals surface area (Å²) < 4.78 is 22.9. The average Bonchev–Trinajstić information content (AvgIpc) is 2.69. The first-order valence-corrected chi connectivity index (χ1v) is 7.94. The van der Waals surface area contributed by atoms with Crippen LogP contribution in [0.1, 0.15) is 19.3 Å². The van der Waals surface area contributed by atoms with Gasteiger partial charge in [0.05, 0.1) is 17.5 Å². The van der Waals surface area contributed by atoms with Crippen LogP contribution in [0.2, 0.25) is 0 Å². The summed E-state index contributed by atoms with van der Waals surface area (Å²) in [4.78, 5) is 25.1. The Morgan fingerprint density at radius 2 is 2.05 bits per heavy atom. The van der Waals surface area contributed by atoms with E-state index >= 15 is 0 Å². The van der Waals surface area contributed by atoms with E-state index in [-0.39, 0.29) is 29.7 Å². The second-order valence-electron chi connectivity index (χ2n) is 5.04. The van der Waals surface area contributed by atoms with Crippen molar-refractivity contribution in [1.29, 1.82) is 0 Å². The molecular formula is C11H17N3O4S. The van der Waals surface area contributed by atoms with Crippen LogP contribution in [-0.4, -0.2) is 67.5 Å². The highest BCUT2D eigenvalue weighted by Gasteiger charge is 2.37. The standard InChI is InChI=1S/C11H17N3O4S/c1-13(2)11(16)9-3-4-10(15)14(12-9)8-5-6-19(17,18)7-8/h8H,3-7H2,1-2H3. The Hall–Kier alpha value is -1.44. The van der Waals surface area contributed by atoms with Crippen molar-refractivity contribution in [2.45, 2.75) is 25.3 Å². The first-order valence-electron chi connectivity index (χ1n) is 6.12. The predicted molar refractivity (Wildman–Crippen MR) is 69.3 cm³/mol. The molecular weight excluding hydrogens is 270 g/mol. The van der Waals surface area contributed by atoms with E-state index in [1.165, 1.54) is 9.91 Å². The molecule has 106 valence electrons. The Kier molecular flexibility index (Phi) is 3.62. The maximum Gasteiger partial charge on any atom is 0.269 e. The number of carbonyl (C=O) groups excluding carboxylic acids is 2. The van der Waals surface area contributed by atoms with Gasteiger partial charge >= 0.3 is 0 Å². The van der Waals surface area contributed by atoms with E-state index in [0.29, 0.717) is 18.6 Å². The molecule has 8 heteroatoms. The van der Waals surface area contributed by atoms with Crippen LogP contribution in [0.15, 0.2) is 5.10 Å². The normalized spacial score (nSPS) is 26.2. The van der Waals surface area contributed by atoms with E-state index in [9.17, 15) is 18.0 Å². The van der Waals surface area contributed by atoms with Gasteiger partial charge in [-0.2, -0.15) is 5.10 Å². The van der Waals surface area contributed by atoms with Crippen molar-refractivity contribution in [2.75, 3.05) is 25.6 Å². The Morgan fingerprint density at radius 3 is 2.58 bits per heavy atom. The SMILES string of the molecule is CN(C)C(=O)C1=NN(C2CCS(=O)(=O)C2)C(=O)CC1. The molecule has 0 aliphatic carbocycles. The first-order chi connectivity index (χ1) is 8.80. The molecule has 1 unspecified atom stereocenters. The van der Waals surface area contributed by atoms with Gasteiger partial charge in [-0.3, -0.25) is 9.59 Å². The van der Waals surface area contributed by atoms with Crippen molar-refractivity contribution in [3.05, 3.63) is 0 Å². The van der Waals surface area contributed by atoms with E-state index in [1.807, 2.05) is 0 Å². The molecule has 0 aromatic heterocycles. The largest absolute Gasteiger partial charge is 0.344 e. The molecule has 2 aliphatic heterocycles. The van der Waals surface area contributed by atoms with Crippen LogP contribution >= 0.6 is 0 Å². The van der Waals surface area contributed by atoms with Crippen molar-refractivity contribution in [3.8, 4) is 0 Å². The summed E-state index contributed by atoms with van der Waals surface area (Å²) in [5.74, 6) is -0.435. The molecule has 0 aromatic rings. The number of nitrogens with zero attached hydrogens (tertiary/aromatic N) is 3. The Labute approximate surface area is 112 Å². The van der Waals surface area contributed by atoms with Gasteiger partial charge in [-0.05, 0) is 6.42 Å². The number of sulfone groups is 1. The van der Waals surface area contributed by atoms with Crippen LogP contribution in [0.5, 0.6) is 0 Å². The molecule has 1 fully saturated rings. The summed E-state index contributed by atoms with van der Waals surface area (Å²) in [6, 6.07) is -0.428. The summed E-state index contributed by atoms with van der Waals surface area (Å²) in [5, 5.41) is 5.28. The molecule has 0 saturated carbocycles. The molecule has 1 saturated heterocycles. The lowest BCUT2D eigenvalue weighted by Crippen LogP contribution is -2.43. The fraction of sp³-hybridized carbons (Fsp3) is 0.727. The minimum atomic E-state index is -3.08. The van der Waals surface area contributed by atoms with E-state index in [0.717, 1.165) is 0 Å². The third-order valence-electron chi connectivity index (χ3n) is 3.27. The van der Waals surface area contributed by atoms with Crippen LogP contribution in [0.4, 0.5) is 0 Å². The van der Waals surface area contributed by atoms with E-state index in [1.54, 1.807) is 14.1 Å². The van der Waals surface area contributed by atoms with Gasteiger partial charge in [0, 0.05) is 26.9 Å². The maximum atomic E-state index is 11.8. The van der Waals surface area contributed by atoms with Crippen molar-refractivity contribution in [3.63, 3.8) is 0 Å². The van der Waals surface area contributed by atoms with E-state index in [4.69, 9.17) is 0 Å². The van der Waals surface area contributed by atoms with Crippen molar-refractivity contribution < 1.29 is 18.0 Å². The van der Waals surface area contributed by atoms with Gasteiger partial charge in [-0.25, -0.2) is 13.4 Å². The molecule has 19 heavy (non-hydrogen) atoms. The second kappa shape index (κ2) is 4.92. The monoisotopic (exact) mass is 287 g/mol. The van der Waals surface area contributed by atoms with Crippen molar-refractivity contribution >= 4 is 27.4 Å². The van der Waals surface area contributed by atoms with Gasteiger partial charge < -0.3 is 4.90 Å². The van der Waals surface area contributed by atoms with E-state index in [2.05, 4.69) is 5.10 Å². The van der Waals surface area contributed by atoms with Crippen molar-refractivity contribution in [1.82, 2.24) is 9.91 Å². The predicted octanol–water partition coefficient (Wildman–Crippen LogP) is -0.760. The molecule has 0 aromatic carbocycles. The third kappa shape index (κ3) is 2.94. The highest BCUT2D eigenvalue weighted by atomic mass is 32.2. The molecule has 0 radical (unpaired) electrons. The topological polar surface area (TPSA) is 87.1 Å². The Morgan fingerprint density at radius 1 is 1.37 bits per heavy atom. The minimum Gasteiger partial charge on any atom is -0.344 e. The number of hydrogen-bond donors (Lipinski definition) is 0. The number of hydrogen-bond acceptors (Lipinski definition) is 5. The van der Waals surface area contributed by atoms with Crippen LogP contribution in [-0.2, 0) is 19.4 Å². The van der Waals surface area contributed by atoms with Gasteiger partial charge in [0.2, 0.25) is 5.91 Å². The Balaban J connectivity index is 2.21. The van der Waals surface area contributed by atoms with Crippen LogP contribution in [0.25, 0.3) is 0 Å². The highest BCUT2D eigenvalue weighted by molar-refractivity contribution is 7.91. The van der Waals surface area contributed by atoms with Gasteiger partial charge in [0.25, 0.3) is 5.91 Å². The lowest BCUT2D eigenvalue weighted by molar-refractivity contribution is -0.133. The smallest absolute Gasteiger partial charge is 0.269 e. The second-order valence-corrected chi connectivity index (χ2v) is 7.27. The highest BCUT2D eigenvalue weighted by Crippen LogP contribution is 2.22. The van der Waals surface area contributed by atoms with Gasteiger partial charge in [-0.15, -0.1) is 0 Å². The summed E-state index contributed by atoms with van der Waals surface area (Å²) >= 11 is 0. The average molecular weight is 287 g/mol. The molecule has 0 N–H and O–H groups in total. The molecule has 7 nitrogen and oxygen atoms in total. The van der Waals surface area contributed by atoms with Crippen molar-refractivity contribution in [2.24, 2.45) is 5.10 Å². The molecule has 0 spiro atoms. The molecule has 2 rings (SSSR count). The Bertz CT molecular complexity index is 538. The molecule has 1 atom stereocenters. The minimum absolute atomic E-state index is 0.0638. The molecule has 2 aliphatic rings. The van der Waals surface area contributed by atoms with E-state index < -0.39 is 15.9 Å². The lowest BCUT2D eigenvalue weighted by atomic mass is 10.1. The zero-order chi connectivity index (χ0) is 14.2. The molecule has 0 bridgehead atoms. The maximum absolute atomic E-state index is 11.8. The summed E-state index contributed by atoms with van der Waals surface area (Å²) in [5.41, 5.74) is 0.314. The summed E-state index contributed by atoms with van der Waals surface area (Å²) in [6.07, 6.45) is 0.905. The number of amides is 2. The third-order valence-corrected chi connectivity index (χ3v) is 5.02. The summed E-state index contributed by atoms with van der Waals surface area (Å²) in [7, 11) is 0.153. The molecule has 2 heterocycles. The number of carbonyl (C=O) groups is 2. The fourth-order valence-electron chi connectivity index (χ4n) is 2.24. The number of rotatable bonds is 2. The lowest BCUT2D eigenvalue weighted by Gasteiger charge is -2.28. The zero-order valence-electron chi connectivity index (χ0n) is 11.0. The van der Waals surface area contributed by atoms with Gasteiger partial charge in [0.1, 0.15) is 5.71 Å². The quantitative estimate of drug-likeness (QED) is 0.668. The first kappa shape index (κ1) is 14.0. The zero-order valence-corrected chi connectivity index (χ0v) is 11.8.